The van der Waals surface area contributed by atoms with Crippen LogP contribution in [-0.4, -0.2) is 30.2 Å². The first kappa shape index (κ1) is 7.53. The number of hydrogen-bond acceptors (Lipinski definition) is 3. The second-order valence-corrected chi connectivity index (χ2v) is 3.30. The minimum atomic E-state index is -0.948. The van der Waals surface area contributed by atoms with Gasteiger partial charge >= 0.3 is 0 Å². The monoisotopic (exact) mass is 158 g/mol. The third-order valence-corrected chi connectivity index (χ3v) is 2.46. The molecule has 0 radical (unpaired) electrons. The smallest absolute Gasteiger partial charge is 0.192 e. The molecule has 0 saturated carbocycles. The van der Waals surface area contributed by atoms with Crippen molar-refractivity contribution in [1.29, 1.82) is 0 Å². The molecule has 0 bridgehead atoms. The van der Waals surface area contributed by atoms with Crippen molar-refractivity contribution >= 4 is 0 Å². The average molecular weight is 158 g/mol. The van der Waals surface area contributed by atoms with E-state index in [1.54, 1.807) is 0 Å². The molecule has 2 aliphatic heterocycles. The van der Waals surface area contributed by atoms with Gasteiger partial charge in [0.2, 0.25) is 0 Å². The van der Waals surface area contributed by atoms with Crippen LogP contribution in [0.1, 0.15) is 25.7 Å². The van der Waals surface area contributed by atoms with E-state index < -0.39 is 5.79 Å². The van der Waals surface area contributed by atoms with Gasteiger partial charge in [-0.1, -0.05) is 0 Å². The molecule has 1 unspecified atom stereocenters. The van der Waals surface area contributed by atoms with Gasteiger partial charge in [0.05, 0.1) is 6.61 Å². The second kappa shape index (κ2) is 2.73. The van der Waals surface area contributed by atoms with Gasteiger partial charge in [-0.2, -0.15) is 0 Å². The maximum Gasteiger partial charge on any atom is 0.192 e. The zero-order valence-corrected chi connectivity index (χ0v) is 6.58. The molecular weight excluding hydrogens is 144 g/mol. The van der Waals surface area contributed by atoms with Crippen molar-refractivity contribution in [3.8, 4) is 0 Å². The molecule has 1 N–H and O–H groups in total. The van der Waals surface area contributed by atoms with Gasteiger partial charge in [0.25, 0.3) is 0 Å². The summed E-state index contributed by atoms with van der Waals surface area (Å²) in [6, 6.07) is 0. The van der Waals surface area contributed by atoms with Gasteiger partial charge in [-0.3, -0.25) is 0 Å². The molecule has 11 heavy (non-hydrogen) atoms. The van der Waals surface area contributed by atoms with Gasteiger partial charge in [-0.25, -0.2) is 0 Å². The molecule has 2 saturated heterocycles. The Bertz CT molecular complexity index is 134. The SMILES string of the molecule is OC12CCCO[C@H]1CCCO2. The van der Waals surface area contributed by atoms with Gasteiger partial charge in [-0.05, 0) is 19.3 Å². The van der Waals surface area contributed by atoms with Crippen LogP contribution in [0, 0.1) is 0 Å². The van der Waals surface area contributed by atoms with E-state index in [0.717, 1.165) is 32.3 Å². The molecule has 0 spiro atoms. The Labute approximate surface area is 66.3 Å². The van der Waals surface area contributed by atoms with Crippen molar-refractivity contribution in [2.24, 2.45) is 0 Å². The van der Waals surface area contributed by atoms with E-state index in [4.69, 9.17) is 9.47 Å². The minimum Gasteiger partial charge on any atom is -0.373 e. The first-order chi connectivity index (χ1) is 5.31. The molecule has 2 atom stereocenters. The normalized spacial score (nSPS) is 45.0. The molecule has 64 valence electrons. The lowest BCUT2D eigenvalue weighted by Gasteiger charge is -2.42. The Hall–Kier alpha value is -0.120. The summed E-state index contributed by atoms with van der Waals surface area (Å²) in [5.74, 6) is -0.948. The second-order valence-electron chi connectivity index (χ2n) is 3.30. The molecule has 2 rings (SSSR count). The largest absolute Gasteiger partial charge is 0.373 e. The Morgan fingerprint density at radius 3 is 3.00 bits per heavy atom. The zero-order valence-electron chi connectivity index (χ0n) is 6.58. The summed E-state index contributed by atoms with van der Waals surface area (Å²) in [4.78, 5) is 0. The number of hydrogen-bond donors (Lipinski definition) is 1. The number of fused-ring (bicyclic) bond motifs is 1. The van der Waals surface area contributed by atoms with E-state index in [1.807, 2.05) is 0 Å². The van der Waals surface area contributed by atoms with E-state index in [0.29, 0.717) is 6.61 Å². The Balaban J connectivity index is 2.06. The number of ether oxygens (including phenoxy) is 2. The van der Waals surface area contributed by atoms with Crippen LogP contribution in [0.2, 0.25) is 0 Å². The summed E-state index contributed by atoms with van der Waals surface area (Å²) >= 11 is 0. The van der Waals surface area contributed by atoms with Gasteiger partial charge in [0.1, 0.15) is 6.10 Å². The number of aliphatic hydroxyl groups is 1. The predicted octanol–water partition coefficient (Wildman–Crippen LogP) is 0.664. The van der Waals surface area contributed by atoms with Crippen molar-refractivity contribution in [3.63, 3.8) is 0 Å². The van der Waals surface area contributed by atoms with Crippen LogP contribution in [0.25, 0.3) is 0 Å². The van der Waals surface area contributed by atoms with Crippen LogP contribution in [0.4, 0.5) is 0 Å². The third kappa shape index (κ3) is 1.28. The van der Waals surface area contributed by atoms with Crippen molar-refractivity contribution in [1.82, 2.24) is 0 Å². The summed E-state index contributed by atoms with van der Waals surface area (Å²) in [6.45, 7) is 1.45. The van der Waals surface area contributed by atoms with Crippen LogP contribution in [-0.2, 0) is 9.47 Å². The van der Waals surface area contributed by atoms with Gasteiger partial charge in [-0.15, -0.1) is 0 Å². The molecule has 2 aliphatic rings. The third-order valence-electron chi connectivity index (χ3n) is 2.46. The quantitative estimate of drug-likeness (QED) is 0.563. The molecule has 0 amide bonds. The minimum absolute atomic E-state index is 0.0648. The summed E-state index contributed by atoms with van der Waals surface area (Å²) in [5.41, 5.74) is 0. The lowest BCUT2D eigenvalue weighted by molar-refractivity contribution is -0.306. The van der Waals surface area contributed by atoms with E-state index in [2.05, 4.69) is 0 Å². The standard InChI is InChI=1S/C8H14O3/c9-8-4-2-5-10-7(8)3-1-6-11-8/h7,9H,1-6H2/t7-,8?/m0/s1. The fourth-order valence-corrected chi connectivity index (χ4v) is 1.83. The first-order valence-corrected chi connectivity index (χ1v) is 4.29. The summed E-state index contributed by atoms with van der Waals surface area (Å²) in [5, 5.41) is 9.84. The first-order valence-electron chi connectivity index (χ1n) is 4.29. The highest BCUT2D eigenvalue weighted by Crippen LogP contribution is 2.32. The van der Waals surface area contributed by atoms with Crippen LogP contribution in [0.3, 0.4) is 0 Å². The Morgan fingerprint density at radius 1 is 1.27 bits per heavy atom. The summed E-state index contributed by atoms with van der Waals surface area (Å²) < 4.78 is 10.7. The lowest BCUT2D eigenvalue weighted by Crippen LogP contribution is -2.52. The van der Waals surface area contributed by atoms with Crippen LogP contribution >= 0.6 is 0 Å². The summed E-state index contributed by atoms with van der Waals surface area (Å²) in [6.07, 6.45) is 3.53. The highest BCUT2D eigenvalue weighted by Gasteiger charge is 2.42. The Morgan fingerprint density at radius 2 is 2.18 bits per heavy atom. The van der Waals surface area contributed by atoms with Crippen LogP contribution in [0.5, 0.6) is 0 Å². The lowest BCUT2D eigenvalue weighted by atomic mass is 9.95. The molecule has 2 heterocycles. The number of rotatable bonds is 0. The maximum atomic E-state index is 9.84. The molecule has 0 aromatic carbocycles. The van der Waals surface area contributed by atoms with E-state index >= 15 is 0 Å². The fourth-order valence-electron chi connectivity index (χ4n) is 1.83. The molecule has 0 aliphatic carbocycles. The van der Waals surface area contributed by atoms with E-state index in [-0.39, 0.29) is 6.10 Å². The zero-order chi connectivity index (χ0) is 7.73. The molecule has 2 fully saturated rings. The molecular formula is C8H14O3. The van der Waals surface area contributed by atoms with Crippen LogP contribution in [0.15, 0.2) is 0 Å². The average Bonchev–Trinajstić information content (AvgIpc) is 2.03. The highest BCUT2D eigenvalue weighted by atomic mass is 16.7. The maximum absolute atomic E-state index is 9.84. The molecule has 0 aromatic heterocycles. The predicted molar refractivity (Wildman–Crippen MR) is 39.1 cm³/mol. The van der Waals surface area contributed by atoms with Gasteiger partial charge < -0.3 is 14.6 Å². The van der Waals surface area contributed by atoms with Crippen molar-refractivity contribution in [2.45, 2.75) is 37.6 Å². The summed E-state index contributed by atoms with van der Waals surface area (Å²) in [7, 11) is 0. The van der Waals surface area contributed by atoms with E-state index in [1.165, 1.54) is 0 Å². The van der Waals surface area contributed by atoms with Gasteiger partial charge in [0, 0.05) is 13.0 Å². The fraction of sp³-hybridized carbons (Fsp3) is 1.00. The van der Waals surface area contributed by atoms with Crippen molar-refractivity contribution in [3.05, 3.63) is 0 Å². The van der Waals surface area contributed by atoms with Crippen molar-refractivity contribution in [2.75, 3.05) is 13.2 Å². The molecule has 0 aromatic rings. The topological polar surface area (TPSA) is 38.7 Å². The van der Waals surface area contributed by atoms with E-state index in [9.17, 15) is 5.11 Å². The van der Waals surface area contributed by atoms with Crippen LogP contribution < -0.4 is 0 Å². The van der Waals surface area contributed by atoms with Gasteiger partial charge in [0.15, 0.2) is 5.79 Å². The highest BCUT2D eigenvalue weighted by molar-refractivity contribution is 4.84. The Kier molecular flexibility index (Phi) is 1.87. The molecule has 3 heteroatoms. The van der Waals surface area contributed by atoms with Crippen molar-refractivity contribution < 1.29 is 14.6 Å². The molecule has 3 nitrogen and oxygen atoms in total.